The van der Waals surface area contributed by atoms with Crippen LogP contribution in [0.25, 0.3) is 0 Å². The lowest BCUT2D eigenvalue weighted by Crippen LogP contribution is -2.28. The third kappa shape index (κ3) is 2.03. The number of benzene rings is 1. The van der Waals surface area contributed by atoms with Gasteiger partial charge in [0.15, 0.2) is 0 Å². The Bertz CT molecular complexity index is 412. The quantitative estimate of drug-likeness (QED) is 0.791. The molecule has 0 radical (unpaired) electrons. The molecule has 0 atom stereocenters. The highest BCUT2D eigenvalue weighted by Gasteiger charge is 2.26. The van der Waals surface area contributed by atoms with Gasteiger partial charge in [0.2, 0.25) is 5.91 Å². The van der Waals surface area contributed by atoms with Crippen molar-refractivity contribution in [3.8, 4) is 0 Å². The number of hydrogen-bond donors (Lipinski definition) is 1. The van der Waals surface area contributed by atoms with Crippen LogP contribution < -0.4 is 10.6 Å². The Balaban J connectivity index is 2.19. The topological polar surface area (TPSA) is 46.3 Å². The first kappa shape index (κ1) is 11.0. The second-order valence-electron chi connectivity index (χ2n) is 4.79. The molecule has 1 amide bonds. The molecule has 1 aromatic rings. The Morgan fingerprint density at radius 2 is 2.19 bits per heavy atom. The Labute approximate surface area is 96.2 Å². The summed E-state index contributed by atoms with van der Waals surface area (Å²) in [6, 6.07) is 5.72. The number of nitrogen functional groups attached to an aromatic ring is 1. The maximum atomic E-state index is 11.8. The minimum Gasteiger partial charge on any atom is -0.399 e. The summed E-state index contributed by atoms with van der Waals surface area (Å²) in [6.07, 6.45) is 1.54. The van der Waals surface area contributed by atoms with Crippen LogP contribution >= 0.6 is 0 Å². The van der Waals surface area contributed by atoms with Crippen molar-refractivity contribution in [3.63, 3.8) is 0 Å². The van der Waals surface area contributed by atoms with Crippen LogP contribution in [0.3, 0.4) is 0 Å². The van der Waals surface area contributed by atoms with Crippen LogP contribution in [0.4, 0.5) is 11.4 Å². The van der Waals surface area contributed by atoms with E-state index in [1.807, 2.05) is 23.1 Å². The van der Waals surface area contributed by atoms with Crippen molar-refractivity contribution in [1.29, 1.82) is 0 Å². The predicted octanol–water partition coefficient (Wildman–Crippen LogP) is 2.20. The highest BCUT2D eigenvalue weighted by atomic mass is 16.2. The molecule has 0 saturated heterocycles. The number of amides is 1. The Morgan fingerprint density at radius 1 is 1.44 bits per heavy atom. The van der Waals surface area contributed by atoms with Gasteiger partial charge in [0.05, 0.1) is 6.42 Å². The first-order chi connectivity index (χ1) is 7.58. The van der Waals surface area contributed by atoms with E-state index in [1.165, 1.54) is 0 Å². The SMILES string of the molecule is CC(C)CCN1C(=O)Cc2cc(N)ccc21. The molecule has 0 fully saturated rings. The van der Waals surface area contributed by atoms with E-state index in [-0.39, 0.29) is 5.91 Å². The number of hydrogen-bond acceptors (Lipinski definition) is 2. The Kier molecular flexibility index (Phi) is 2.86. The minimum atomic E-state index is 0.196. The van der Waals surface area contributed by atoms with Crippen LogP contribution in [0.5, 0.6) is 0 Å². The zero-order valence-electron chi connectivity index (χ0n) is 9.86. The van der Waals surface area contributed by atoms with E-state index in [4.69, 9.17) is 5.73 Å². The third-order valence-electron chi connectivity index (χ3n) is 2.97. The zero-order valence-corrected chi connectivity index (χ0v) is 9.86. The molecule has 0 unspecified atom stereocenters. The average Bonchev–Trinajstić information content (AvgIpc) is 2.50. The fourth-order valence-corrected chi connectivity index (χ4v) is 2.04. The minimum absolute atomic E-state index is 0.196. The van der Waals surface area contributed by atoms with E-state index < -0.39 is 0 Å². The molecule has 0 aliphatic carbocycles. The number of anilines is 2. The van der Waals surface area contributed by atoms with Gasteiger partial charge in [0.25, 0.3) is 0 Å². The normalized spacial score (nSPS) is 14.7. The first-order valence-electron chi connectivity index (χ1n) is 5.76. The summed E-state index contributed by atoms with van der Waals surface area (Å²) in [6.45, 7) is 5.16. The van der Waals surface area contributed by atoms with E-state index >= 15 is 0 Å². The van der Waals surface area contributed by atoms with Crippen LogP contribution in [-0.4, -0.2) is 12.5 Å². The van der Waals surface area contributed by atoms with Gasteiger partial charge >= 0.3 is 0 Å². The van der Waals surface area contributed by atoms with E-state index in [1.54, 1.807) is 0 Å². The van der Waals surface area contributed by atoms with E-state index in [0.717, 1.165) is 29.9 Å². The van der Waals surface area contributed by atoms with Crippen molar-refractivity contribution in [2.45, 2.75) is 26.7 Å². The van der Waals surface area contributed by atoms with Crippen LogP contribution in [0.15, 0.2) is 18.2 Å². The van der Waals surface area contributed by atoms with Crippen molar-refractivity contribution in [1.82, 2.24) is 0 Å². The van der Waals surface area contributed by atoms with Gasteiger partial charge in [0, 0.05) is 17.9 Å². The molecule has 2 N–H and O–H groups in total. The molecular weight excluding hydrogens is 200 g/mol. The summed E-state index contributed by atoms with van der Waals surface area (Å²) in [4.78, 5) is 13.7. The van der Waals surface area contributed by atoms with Crippen LogP contribution in [-0.2, 0) is 11.2 Å². The number of rotatable bonds is 3. The highest BCUT2D eigenvalue weighted by molar-refractivity contribution is 6.01. The maximum absolute atomic E-state index is 11.8. The lowest BCUT2D eigenvalue weighted by atomic mass is 10.1. The van der Waals surface area contributed by atoms with Crippen molar-refractivity contribution in [2.24, 2.45) is 5.92 Å². The maximum Gasteiger partial charge on any atom is 0.231 e. The molecule has 0 saturated carbocycles. The zero-order chi connectivity index (χ0) is 11.7. The fraction of sp³-hybridized carbons (Fsp3) is 0.462. The second-order valence-corrected chi connectivity index (χ2v) is 4.79. The molecule has 1 aliphatic rings. The summed E-state index contributed by atoms with van der Waals surface area (Å²) in [5, 5.41) is 0. The van der Waals surface area contributed by atoms with Crippen LogP contribution in [0.1, 0.15) is 25.8 Å². The lowest BCUT2D eigenvalue weighted by Gasteiger charge is -2.18. The molecule has 1 aromatic carbocycles. The van der Waals surface area contributed by atoms with E-state index in [9.17, 15) is 4.79 Å². The number of nitrogens with zero attached hydrogens (tertiary/aromatic N) is 1. The monoisotopic (exact) mass is 218 g/mol. The van der Waals surface area contributed by atoms with E-state index in [2.05, 4.69) is 13.8 Å². The highest BCUT2D eigenvalue weighted by Crippen LogP contribution is 2.30. The van der Waals surface area contributed by atoms with Gasteiger partial charge in [-0.05, 0) is 36.1 Å². The van der Waals surface area contributed by atoms with Gasteiger partial charge in [-0.1, -0.05) is 13.8 Å². The molecule has 86 valence electrons. The number of carbonyl (C=O) groups excluding carboxylic acids is 1. The molecule has 0 spiro atoms. The van der Waals surface area contributed by atoms with Crippen LogP contribution in [0, 0.1) is 5.92 Å². The Morgan fingerprint density at radius 3 is 2.88 bits per heavy atom. The second kappa shape index (κ2) is 4.16. The predicted molar refractivity (Wildman–Crippen MR) is 66.4 cm³/mol. The number of fused-ring (bicyclic) bond motifs is 1. The summed E-state index contributed by atoms with van der Waals surface area (Å²) in [5.41, 5.74) is 8.55. The van der Waals surface area contributed by atoms with Gasteiger partial charge in [-0.25, -0.2) is 0 Å². The summed E-state index contributed by atoms with van der Waals surface area (Å²) < 4.78 is 0. The largest absolute Gasteiger partial charge is 0.399 e. The molecule has 0 bridgehead atoms. The lowest BCUT2D eigenvalue weighted by molar-refractivity contribution is -0.117. The number of nitrogens with two attached hydrogens (primary N) is 1. The average molecular weight is 218 g/mol. The molecule has 16 heavy (non-hydrogen) atoms. The molecular formula is C13H18N2O. The molecule has 1 aliphatic heterocycles. The van der Waals surface area contributed by atoms with Gasteiger partial charge in [-0.2, -0.15) is 0 Å². The first-order valence-corrected chi connectivity index (χ1v) is 5.76. The summed E-state index contributed by atoms with van der Waals surface area (Å²) >= 11 is 0. The Hall–Kier alpha value is -1.51. The van der Waals surface area contributed by atoms with Crippen molar-refractivity contribution in [3.05, 3.63) is 23.8 Å². The third-order valence-corrected chi connectivity index (χ3v) is 2.97. The van der Waals surface area contributed by atoms with Gasteiger partial charge in [0.1, 0.15) is 0 Å². The van der Waals surface area contributed by atoms with Gasteiger partial charge in [-0.3, -0.25) is 4.79 Å². The number of carbonyl (C=O) groups is 1. The standard InChI is InChI=1S/C13H18N2O/c1-9(2)5-6-15-12-4-3-11(14)7-10(12)8-13(15)16/h3-4,7,9H,5-6,8,14H2,1-2H3. The van der Waals surface area contributed by atoms with Crippen molar-refractivity contribution < 1.29 is 4.79 Å². The molecule has 3 nitrogen and oxygen atoms in total. The fourth-order valence-electron chi connectivity index (χ4n) is 2.04. The molecule has 3 heteroatoms. The van der Waals surface area contributed by atoms with Gasteiger partial charge in [-0.15, -0.1) is 0 Å². The summed E-state index contributed by atoms with van der Waals surface area (Å²) in [7, 11) is 0. The smallest absolute Gasteiger partial charge is 0.231 e. The van der Waals surface area contributed by atoms with Crippen molar-refractivity contribution >= 4 is 17.3 Å². The molecule has 0 aromatic heterocycles. The summed E-state index contributed by atoms with van der Waals surface area (Å²) in [5.74, 6) is 0.812. The van der Waals surface area contributed by atoms with Gasteiger partial charge < -0.3 is 10.6 Å². The molecule has 2 rings (SSSR count). The van der Waals surface area contributed by atoms with Crippen molar-refractivity contribution in [2.75, 3.05) is 17.2 Å². The molecule has 1 heterocycles. The van der Waals surface area contributed by atoms with Crippen LogP contribution in [0.2, 0.25) is 0 Å². The van der Waals surface area contributed by atoms with E-state index in [0.29, 0.717) is 12.3 Å².